The van der Waals surface area contributed by atoms with E-state index in [2.05, 4.69) is 0 Å². The van der Waals surface area contributed by atoms with Gasteiger partial charge in [0.1, 0.15) is 5.75 Å². The molecule has 0 heterocycles. The SMILES string of the molecule is CC(C)c1cc(Cc2c(Cl)cc(CSCC(=O)N(C)C)cc2Cl)ccc1O. The second-order valence-electron chi connectivity index (χ2n) is 7.04. The highest BCUT2D eigenvalue weighted by Crippen LogP contribution is 2.32. The van der Waals surface area contributed by atoms with E-state index >= 15 is 0 Å². The first-order valence-corrected chi connectivity index (χ1v) is 10.7. The van der Waals surface area contributed by atoms with Gasteiger partial charge in [0, 0.05) is 36.3 Å². The Morgan fingerprint density at radius 3 is 2.30 bits per heavy atom. The smallest absolute Gasteiger partial charge is 0.232 e. The van der Waals surface area contributed by atoms with Gasteiger partial charge in [0.25, 0.3) is 0 Å². The third-order valence-electron chi connectivity index (χ3n) is 4.29. The van der Waals surface area contributed by atoms with E-state index in [1.54, 1.807) is 36.8 Å². The topological polar surface area (TPSA) is 40.5 Å². The second-order valence-corrected chi connectivity index (χ2v) is 8.84. The van der Waals surface area contributed by atoms with Crippen LogP contribution in [0.2, 0.25) is 10.0 Å². The molecule has 3 nitrogen and oxygen atoms in total. The lowest BCUT2D eigenvalue weighted by atomic mass is 9.96. The van der Waals surface area contributed by atoms with Crippen molar-refractivity contribution in [1.82, 2.24) is 4.90 Å². The van der Waals surface area contributed by atoms with E-state index in [9.17, 15) is 9.90 Å². The molecule has 0 aliphatic heterocycles. The third kappa shape index (κ3) is 6.06. The lowest BCUT2D eigenvalue weighted by molar-refractivity contribution is -0.125. The first-order chi connectivity index (χ1) is 12.7. The third-order valence-corrected chi connectivity index (χ3v) is 5.95. The van der Waals surface area contributed by atoms with Gasteiger partial charge in [-0.05, 0) is 46.4 Å². The van der Waals surface area contributed by atoms with Gasteiger partial charge in [0.05, 0.1) is 5.75 Å². The normalized spacial score (nSPS) is 11.1. The lowest BCUT2D eigenvalue weighted by Gasteiger charge is -2.14. The number of carbonyl (C=O) groups excluding carboxylic acids is 1. The number of halogens is 2. The molecule has 1 N–H and O–H groups in total. The van der Waals surface area contributed by atoms with E-state index in [4.69, 9.17) is 23.2 Å². The minimum atomic E-state index is 0.0853. The molecule has 0 radical (unpaired) electrons. The largest absolute Gasteiger partial charge is 0.508 e. The van der Waals surface area contributed by atoms with E-state index in [0.717, 1.165) is 22.3 Å². The van der Waals surface area contributed by atoms with Crippen molar-refractivity contribution in [3.63, 3.8) is 0 Å². The number of carbonyl (C=O) groups is 1. The average Bonchev–Trinajstić information content (AvgIpc) is 2.59. The molecular weight excluding hydrogens is 401 g/mol. The Morgan fingerprint density at radius 1 is 1.11 bits per heavy atom. The maximum absolute atomic E-state index is 11.7. The van der Waals surface area contributed by atoms with E-state index in [1.165, 1.54) is 0 Å². The molecule has 0 saturated carbocycles. The summed E-state index contributed by atoms with van der Waals surface area (Å²) in [5.41, 5.74) is 3.84. The number of phenolic OH excluding ortho intramolecular Hbond substituents is 1. The van der Waals surface area contributed by atoms with Gasteiger partial charge in [-0.25, -0.2) is 0 Å². The van der Waals surface area contributed by atoms with Crippen LogP contribution in [-0.2, 0) is 17.0 Å². The summed E-state index contributed by atoms with van der Waals surface area (Å²) >= 11 is 14.5. The number of hydrogen-bond donors (Lipinski definition) is 1. The van der Waals surface area contributed by atoms with Crippen LogP contribution in [0.1, 0.15) is 42.0 Å². The Hall–Kier alpha value is -1.36. The van der Waals surface area contributed by atoms with Gasteiger partial charge >= 0.3 is 0 Å². The summed E-state index contributed by atoms with van der Waals surface area (Å²) < 4.78 is 0. The molecule has 2 aromatic rings. The molecule has 146 valence electrons. The average molecular weight is 426 g/mol. The summed E-state index contributed by atoms with van der Waals surface area (Å²) in [7, 11) is 3.50. The molecule has 1 amide bonds. The summed E-state index contributed by atoms with van der Waals surface area (Å²) in [6.45, 7) is 4.10. The van der Waals surface area contributed by atoms with E-state index in [-0.39, 0.29) is 11.8 Å². The van der Waals surface area contributed by atoms with E-state index in [1.807, 2.05) is 38.1 Å². The molecular formula is C21H25Cl2NO2S. The van der Waals surface area contributed by atoms with Crippen LogP contribution in [0.25, 0.3) is 0 Å². The van der Waals surface area contributed by atoms with E-state index < -0.39 is 0 Å². The monoisotopic (exact) mass is 425 g/mol. The van der Waals surface area contributed by atoms with E-state index in [0.29, 0.717) is 33.7 Å². The van der Waals surface area contributed by atoms with Gasteiger partial charge in [-0.3, -0.25) is 4.79 Å². The quantitative estimate of drug-likeness (QED) is 0.614. The van der Waals surface area contributed by atoms with Crippen LogP contribution in [-0.4, -0.2) is 35.8 Å². The van der Waals surface area contributed by atoms with Crippen molar-refractivity contribution in [3.05, 3.63) is 62.6 Å². The fourth-order valence-electron chi connectivity index (χ4n) is 2.67. The van der Waals surface area contributed by atoms with Gasteiger partial charge in [0.2, 0.25) is 5.91 Å². The van der Waals surface area contributed by atoms with Crippen LogP contribution in [0.15, 0.2) is 30.3 Å². The first kappa shape index (κ1) is 21.9. The number of aromatic hydroxyl groups is 1. The molecule has 0 atom stereocenters. The number of phenols is 1. The molecule has 0 aliphatic carbocycles. The number of rotatable bonds is 7. The first-order valence-electron chi connectivity index (χ1n) is 8.75. The van der Waals surface area contributed by atoms with Crippen molar-refractivity contribution >= 4 is 40.9 Å². The van der Waals surface area contributed by atoms with Crippen LogP contribution >= 0.6 is 35.0 Å². The zero-order chi connectivity index (χ0) is 20.1. The molecule has 0 saturated heterocycles. The van der Waals surface area contributed by atoms with Gasteiger partial charge in [-0.2, -0.15) is 0 Å². The zero-order valence-electron chi connectivity index (χ0n) is 16.1. The number of hydrogen-bond acceptors (Lipinski definition) is 3. The van der Waals surface area contributed by atoms with Gasteiger partial charge in [-0.1, -0.05) is 49.2 Å². The maximum Gasteiger partial charge on any atom is 0.232 e. The summed E-state index contributed by atoms with van der Waals surface area (Å²) in [4.78, 5) is 13.2. The molecule has 27 heavy (non-hydrogen) atoms. The number of amides is 1. The van der Waals surface area contributed by atoms with Crippen molar-refractivity contribution in [2.24, 2.45) is 0 Å². The van der Waals surface area contributed by atoms with Crippen molar-refractivity contribution in [2.75, 3.05) is 19.8 Å². The second kappa shape index (κ2) is 9.72. The Morgan fingerprint density at radius 2 is 1.74 bits per heavy atom. The summed E-state index contributed by atoms with van der Waals surface area (Å²) in [5, 5.41) is 11.2. The van der Waals surface area contributed by atoms with Crippen molar-refractivity contribution in [2.45, 2.75) is 31.9 Å². The minimum Gasteiger partial charge on any atom is -0.508 e. The molecule has 2 aromatic carbocycles. The maximum atomic E-state index is 11.7. The van der Waals surface area contributed by atoms with Crippen molar-refractivity contribution in [1.29, 1.82) is 0 Å². The Balaban J connectivity index is 2.13. The summed E-state index contributed by atoms with van der Waals surface area (Å²) in [6, 6.07) is 9.45. The fraction of sp³-hybridized carbons (Fsp3) is 0.381. The summed E-state index contributed by atoms with van der Waals surface area (Å²) in [5.74, 6) is 1.73. The highest BCUT2D eigenvalue weighted by molar-refractivity contribution is 7.99. The Labute approximate surface area is 175 Å². The standard InChI is InChI=1S/C21H25Cl2NO2S/c1-13(2)16-7-14(5-6-20(16)25)8-17-18(22)9-15(10-19(17)23)11-27-12-21(26)24(3)4/h5-7,9-10,13,25H,8,11-12H2,1-4H3. The molecule has 0 bridgehead atoms. The lowest BCUT2D eigenvalue weighted by Crippen LogP contribution is -2.23. The van der Waals surface area contributed by atoms with Crippen LogP contribution in [0.3, 0.4) is 0 Å². The number of nitrogens with zero attached hydrogens (tertiary/aromatic N) is 1. The molecule has 2 rings (SSSR count). The van der Waals surface area contributed by atoms with Gasteiger partial charge in [0.15, 0.2) is 0 Å². The highest BCUT2D eigenvalue weighted by atomic mass is 35.5. The zero-order valence-corrected chi connectivity index (χ0v) is 18.4. The molecule has 0 aromatic heterocycles. The van der Waals surface area contributed by atoms with Gasteiger partial charge in [-0.15, -0.1) is 11.8 Å². The predicted octanol–water partition coefficient (Wildman–Crippen LogP) is 5.73. The molecule has 6 heteroatoms. The van der Waals surface area contributed by atoms with Crippen molar-refractivity contribution < 1.29 is 9.90 Å². The van der Waals surface area contributed by atoms with Crippen LogP contribution in [0, 0.1) is 0 Å². The fourth-order valence-corrected chi connectivity index (χ4v) is 4.28. The van der Waals surface area contributed by atoms with Gasteiger partial charge < -0.3 is 10.0 Å². The Kier molecular flexibility index (Phi) is 7.90. The molecule has 0 fully saturated rings. The predicted molar refractivity (Wildman–Crippen MR) is 116 cm³/mol. The molecule has 0 aliphatic rings. The van der Waals surface area contributed by atoms with Crippen LogP contribution in [0.5, 0.6) is 5.75 Å². The van der Waals surface area contributed by atoms with Crippen LogP contribution < -0.4 is 0 Å². The number of thioether (sulfide) groups is 1. The van der Waals surface area contributed by atoms with Crippen LogP contribution in [0.4, 0.5) is 0 Å². The van der Waals surface area contributed by atoms with Crippen molar-refractivity contribution in [3.8, 4) is 5.75 Å². The highest BCUT2D eigenvalue weighted by Gasteiger charge is 2.13. The minimum absolute atomic E-state index is 0.0853. The molecule has 0 unspecified atom stereocenters. The summed E-state index contributed by atoms with van der Waals surface area (Å²) in [6.07, 6.45) is 0.601. The molecule has 0 spiro atoms. The number of benzene rings is 2. The Bertz CT molecular complexity index is 799.